The van der Waals surface area contributed by atoms with Gasteiger partial charge in [-0.1, -0.05) is 23.8 Å². The standard InChI is InChI=1S/C17H19N3O/c1-11-2-6-14(7-3-11)19-17(21)20-16-9-4-12-10-13(18)5-8-15(12)16/h2-3,5-8,10,16H,4,9,18H2,1H3,(H2,19,20,21). The highest BCUT2D eigenvalue weighted by Gasteiger charge is 2.23. The van der Waals surface area contributed by atoms with Crippen LogP contribution in [0.5, 0.6) is 0 Å². The van der Waals surface area contributed by atoms with E-state index >= 15 is 0 Å². The van der Waals surface area contributed by atoms with Crippen LogP contribution in [0, 0.1) is 6.92 Å². The van der Waals surface area contributed by atoms with E-state index in [0.717, 1.165) is 24.2 Å². The van der Waals surface area contributed by atoms with Crippen LogP contribution in [-0.4, -0.2) is 6.03 Å². The fourth-order valence-electron chi connectivity index (χ4n) is 2.75. The average Bonchev–Trinajstić information content (AvgIpc) is 2.83. The van der Waals surface area contributed by atoms with Gasteiger partial charge in [0.1, 0.15) is 0 Å². The van der Waals surface area contributed by atoms with E-state index in [2.05, 4.69) is 10.6 Å². The topological polar surface area (TPSA) is 67.2 Å². The number of carbonyl (C=O) groups excluding carboxylic acids is 1. The smallest absolute Gasteiger partial charge is 0.319 e. The van der Waals surface area contributed by atoms with Gasteiger partial charge >= 0.3 is 6.03 Å². The summed E-state index contributed by atoms with van der Waals surface area (Å²) in [6, 6.07) is 13.5. The van der Waals surface area contributed by atoms with Gasteiger partial charge < -0.3 is 16.4 Å². The Kier molecular flexibility index (Phi) is 3.52. The second kappa shape index (κ2) is 5.48. The SMILES string of the molecule is Cc1ccc(NC(=O)NC2CCc3cc(N)ccc32)cc1. The number of nitrogens with one attached hydrogen (secondary N) is 2. The van der Waals surface area contributed by atoms with E-state index in [1.165, 1.54) is 16.7 Å². The predicted molar refractivity (Wildman–Crippen MR) is 85.2 cm³/mol. The van der Waals surface area contributed by atoms with Crippen molar-refractivity contribution in [2.75, 3.05) is 11.1 Å². The molecule has 4 N–H and O–H groups in total. The van der Waals surface area contributed by atoms with Gasteiger partial charge in [0.2, 0.25) is 0 Å². The Morgan fingerprint density at radius 1 is 1.19 bits per heavy atom. The third kappa shape index (κ3) is 2.99. The Morgan fingerprint density at radius 2 is 1.95 bits per heavy atom. The van der Waals surface area contributed by atoms with Crippen molar-refractivity contribution in [3.63, 3.8) is 0 Å². The molecular formula is C17H19N3O. The molecule has 1 aliphatic rings. The number of anilines is 2. The van der Waals surface area contributed by atoms with Crippen LogP contribution >= 0.6 is 0 Å². The summed E-state index contributed by atoms with van der Waals surface area (Å²) in [4.78, 5) is 12.1. The van der Waals surface area contributed by atoms with Crippen molar-refractivity contribution in [2.45, 2.75) is 25.8 Å². The Hall–Kier alpha value is -2.49. The molecule has 1 aliphatic carbocycles. The highest BCUT2D eigenvalue weighted by Crippen LogP contribution is 2.32. The summed E-state index contributed by atoms with van der Waals surface area (Å²) >= 11 is 0. The van der Waals surface area contributed by atoms with Crippen LogP contribution in [0.2, 0.25) is 0 Å². The summed E-state index contributed by atoms with van der Waals surface area (Å²) in [5.74, 6) is 0. The third-order valence-corrected chi connectivity index (χ3v) is 3.86. The van der Waals surface area contributed by atoms with Crippen LogP contribution in [-0.2, 0) is 6.42 Å². The first kappa shape index (κ1) is 13.5. The van der Waals surface area contributed by atoms with E-state index in [0.29, 0.717) is 0 Å². The van der Waals surface area contributed by atoms with Gasteiger partial charge in [0.15, 0.2) is 0 Å². The fraction of sp³-hybridized carbons (Fsp3) is 0.235. The van der Waals surface area contributed by atoms with Crippen molar-refractivity contribution >= 4 is 17.4 Å². The van der Waals surface area contributed by atoms with E-state index in [9.17, 15) is 4.79 Å². The number of amides is 2. The van der Waals surface area contributed by atoms with Crippen molar-refractivity contribution in [3.05, 3.63) is 59.2 Å². The lowest BCUT2D eigenvalue weighted by Crippen LogP contribution is -2.31. The molecule has 1 unspecified atom stereocenters. The maximum atomic E-state index is 12.1. The van der Waals surface area contributed by atoms with Gasteiger partial charge in [0.05, 0.1) is 6.04 Å². The summed E-state index contributed by atoms with van der Waals surface area (Å²) in [6.07, 6.45) is 1.87. The van der Waals surface area contributed by atoms with Gasteiger partial charge in [-0.3, -0.25) is 0 Å². The molecule has 3 rings (SSSR count). The van der Waals surface area contributed by atoms with Crippen LogP contribution in [0.1, 0.15) is 29.2 Å². The van der Waals surface area contributed by atoms with Gasteiger partial charge in [-0.2, -0.15) is 0 Å². The minimum absolute atomic E-state index is 0.0612. The zero-order valence-electron chi connectivity index (χ0n) is 12.0. The Bertz CT molecular complexity index is 664. The van der Waals surface area contributed by atoms with Crippen LogP contribution in [0.3, 0.4) is 0 Å². The maximum Gasteiger partial charge on any atom is 0.319 e. The van der Waals surface area contributed by atoms with Crippen molar-refractivity contribution in [3.8, 4) is 0 Å². The number of urea groups is 1. The van der Waals surface area contributed by atoms with E-state index in [4.69, 9.17) is 5.73 Å². The number of hydrogen-bond acceptors (Lipinski definition) is 2. The second-order valence-corrected chi connectivity index (χ2v) is 5.51. The summed E-state index contributed by atoms with van der Waals surface area (Å²) in [7, 11) is 0. The number of fused-ring (bicyclic) bond motifs is 1. The van der Waals surface area contributed by atoms with Crippen molar-refractivity contribution < 1.29 is 4.79 Å². The summed E-state index contributed by atoms with van der Waals surface area (Å²) < 4.78 is 0. The Balaban J connectivity index is 1.65. The minimum atomic E-state index is -0.173. The molecule has 0 aromatic heterocycles. The van der Waals surface area contributed by atoms with Crippen LogP contribution in [0.4, 0.5) is 16.2 Å². The molecule has 21 heavy (non-hydrogen) atoms. The van der Waals surface area contributed by atoms with E-state index < -0.39 is 0 Å². The Labute approximate surface area is 124 Å². The van der Waals surface area contributed by atoms with Gasteiger partial charge in [-0.25, -0.2) is 4.79 Å². The Morgan fingerprint density at radius 3 is 2.71 bits per heavy atom. The molecule has 4 heteroatoms. The van der Waals surface area contributed by atoms with Crippen molar-refractivity contribution in [1.29, 1.82) is 0 Å². The first-order valence-electron chi connectivity index (χ1n) is 7.14. The molecule has 0 saturated heterocycles. The normalized spacial score (nSPS) is 16.3. The molecule has 2 amide bonds. The second-order valence-electron chi connectivity index (χ2n) is 5.51. The van der Waals surface area contributed by atoms with Crippen LogP contribution in [0.25, 0.3) is 0 Å². The lowest BCUT2D eigenvalue weighted by Gasteiger charge is -2.15. The largest absolute Gasteiger partial charge is 0.399 e. The van der Waals surface area contributed by atoms with Gasteiger partial charge in [0, 0.05) is 11.4 Å². The van der Waals surface area contributed by atoms with Crippen LogP contribution < -0.4 is 16.4 Å². The molecule has 0 bridgehead atoms. The molecule has 0 saturated carbocycles. The van der Waals surface area contributed by atoms with Crippen molar-refractivity contribution in [2.24, 2.45) is 0 Å². The lowest BCUT2D eigenvalue weighted by molar-refractivity contribution is 0.248. The molecule has 4 nitrogen and oxygen atoms in total. The molecule has 0 aliphatic heterocycles. The number of nitrogens with two attached hydrogens (primary N) is 1. The number of aryl methyl sites for hydroxylation is 2. The van der Waals surface area contributed by atoms with Crippen molar-refractivity contribution in [1.82, 2.24) is 5.32 Å². The molecule has 2 aromatic carbocycles. The van der Waals surface area contributed by atoms with Gasteiger partial charge in [-0.15, -0.1) is 0 Å². The molecule has 108 valence electrons. The molecule has 2 aromatic rings. The van der Waals surface area contributed by atoms with E-state index in [1.54, 1.807) is 0 Å². The maximum absolute atomic E-state index is 12.1. The third-order valence-electron chi connectivity index (χ3n) is 3.86. The molecule has 0 spiro atoms. The summed E-state index contributed by atoms with van der Waals surface area (Å²) in [5, 5.41) is 5.89. The molecular weight excluding hydrogens is 262 g/mol. The highest BCUT2D eigenvalue weighted by molar-refractivity contribution is 5.89. The number of benzene rings is 2. The van der Waals surface area contributed by atoms with E-state index in [-0.39, 0.29) is 12.1 Å². The van der Waals surface area contributed by atoms with Gasteiger partial charge in [0.25, 0.3) is 0 Å². The highest BCUT2D eigenvalue weighted by atomic mass is 16.2. The number of rotatable bonds is 2. The summed E-state index contributed by atoms with van der Waals surface area (Å²) in [5.41, 5.74) is 10.9. The predicted octanol–water partition coefficient (Wildman–Crippen LogP) is 3.39. The van der Waals surface area contributed by atoms with Crippen LogP contribution in [0.15, 0.2) is 42.5 Å². The van der Waals surface area contributed by atoms with E-state index in [1.807, 2.05) is 49.4 Å². The minimum Gasteiger partial charge on any atom is -0.399 e. The molecule has 0 fully saturated rings. The molecule has 1 atom stereocenters. The number of hydrogen-bond donors (Lipinski definition) is 3. The first-order chi connectivity index (χ1) is 10.1. The molecule has 0 heterocycles. The zero-order chi connectivity index (χ0) is 14.8. The average molecular weight is 281 g/mol. The monoisotopic (exact) mass is 281 g/mol. The molecule has 0 radical (unpaired) electrons. The number of nitrogen functional groups attached to an aromatic ring is 1. The number of carbonyl (C=O) groups is 1. The quantitative estimate of drug-likeness (QED) is 0.739. The lowest BCUT2D eigenvalue weighted by atomic mass is 10.1. The fourth-order valence-corrected chi connectivity index (χ4v) is 2.75. The first-order valence-corrected chi connectivity index (χ1v) is 7.14. The zero-order valence-corrected chi connectivity index (χ0v) is 12.0. The summed E-state index contributed by atoms with van der Waals surface area (Å²) in [6.45, 7) is 2.02. The van der Waals surface area contributed by atoms with Gasteiger partial charge in [-0.05, 0) is 55.2 Å².